The van der Waals surface area contributed by atoms with Crippen molar-refractivity contribution in [2.45, 2.75) is 19.8 Å². The lowest BCUT2D eigenvalue weighted by molar-refractivity contribution is 0.787. The molecule has 0 saturated heterocycles. The molecule has 0 radical (unpaired) electrons. The molecule has 0 unspecified atom stereocenters. The summed E-state index contributed by atoms with van der Waals surface area (Å²) in [4.78, 5) is 7.40. The van der Waals surface area contributed by atoms with Crippen LogP contribution in [0.15, 0.2) is 36.4 Å². The summed E-state index contributed by atoms with van der Waals surface area (Å²) < 4.78 is 0. The third-order valence-electron chi connectivity index (χ3n) is 4.00. The van der Waals surface area contributed by atoms with Gasteiger partial charge in [-0.2, -0.15) is 0 Å². The molecule has 0 saturated carbocycles. The van der Waals surface area contributed by atoms with E-state index in [1.807, 2.05) is 19.1 Å². The van der Waals surface area contributed by atoms with E-state index >= 15 is 0 Å². The summed E-state index contributed by atoms with van der Waals surface area (Å²) in [6.45, 7) is 3.89. The van der Waals surface area contributed by atoms with Crippen LogP contribution in [0.1, 0.15) is 22.4 Å². The molecule has 0 fully saturated rings. The molecule has 0 spiro atoms. The second-order valence-corrected chi connectivity index (χ2v) is 5.88. The van der Waals surface area contributed by atoms with Gasteiger partial charge in [-0.1, -0.05) is 36.5 Å². The van der Waals surface area contributed by atoms with E-state index < -0.39 is 0 Å². The first-order valence-electron chi connectivity index (χ1n) is 7.24. The van der Waals surface area contributed by atoms with Gasteiger partial charge in [-0.25, -0.2) is 4.98 Å². The van der Waals surface area contributed by atoms with Crippen LogP contribution in [0.5, 0.6) is 0 Å². The van der Waals surface area contributed by atoms with Crippen LogP contribution >= 0.6 is 12.2 Å². The summed E-state index contributed by atoms with van der Waals surface area (Å²) in [5.41, 5.74) is 10.6. The third kappa shape index (κ3) is 2.90. The molecule has 4 heteroatoms. The van der Waals surface area contributed by atoms with Crippen molar-refractivity contribution in [2.75, 3.05) is 18.0 Å². The quantitative estimate of drug-likeness (QED) is 0.865. The van der Waals surface area contributed by atoms with E-state index in [1.165, 1.54) is 11.1 Å². The predicted molar refractivity (Wildman–Crippen MR) is 90.9 cm³/mol. The Kier molecular flexibility index (Phi) is 3.88. The fourth-order valence-electron chi connectivity index (χ4n) is 2.86. The van der Waals surface area contributed by atoms with E-state index in [4.69, 9.17) is 18.0 Å². The minimum Gasteiger partial charge on any atom is -0.389 e. The zero-order valence-electron chi connectivity index (χ0n) is 12.2. The molecule has 2 heterocycles. The van der Waals surface area contributed by atoms with E-state index in [0.29, 0.717) is 4.99 Å². The Balaban J connectivity index is 1.93. The lowest BCUT2D eigenvalue weighted by Crippen LogP contribution is -2.30. The number of nitrogens with two attached hydrogens (primary N) is 1. The van der Waals surface area contributed by atoms with E-state index in [9.17, 15) is 0 Å². The number of thiocarbonyl (C=S) groups is 1. The summed E-state index contributed by atoms with van der Waals surface area (Å²) in [5.74, 6) is 0.926. The van der Waals surface area contributed by atoms with Crippen molar-refractivity contribution in [3.63, 3.8) is 0 Å². The molecule has 3 nitrogen and oxygen atoms in total. The highest BCUT2D eigenvalue weighted by atomic mass is 32.1. The average Bonchev–Trinajstić information content (AvgIpc) is 2.69. The number of aryl methyl sites for hydroxylation is 1. The molecule has 2 N–H and O–H groups in total. The Hall–Kier alpha value is -1.94. The second-order valence-electron chi connectivity index (χ2n) is 5.44. The van der Waals surface area contributed by atoms with Gasteiger partial charge in [0.1, 0.15) is 10.8 Å². The summed E-state index contributed by atoms with van der Waals surface area (Å²) in [6.07, 6.45) is 2.06. The van der Waals surface area contributed by atoms with Gasteiger partial charge in [-0.3, -0.25) is 0 Å². The van der Waals surface area contributed by atoms with Gasteiger partial charge in [0.05, 0.1) is 5.56 Å². The monoisotopic (exact) mass is 297 g/mol. The van der Waals surface area contributed by atoms with Crippen molar-refractivity contribution < 1.29 is 0 Å². The number of nitrogens with zero attached hydrogens (tertiary/aromatic N) is 2. The van der Waals surface area contributed by atoms with Gasteiger partial charge in [-0.05, 0) is 43.0 Å². The number of hydrogen-bond donors (Lipinski definition) is 1. The second kappa shape index (κ2) is 5.82. The van der Waals surface area contributed by atoms with Crippen molar-refractivity contribution in [3.8, 4) is 0 Å². The SMILES string of the molecule is Cc1ccc(C(N)=S)c(N2CCc3ccccc3CC2)n1. The molecule has 1 aromatic carbocycles. The predicted octanol–water partition coefficient (Wildman–Crippen LogP) is 2.63. The van der Waals surface area contributed by atoms with Gasteiger partial charge in [0.25, 0.3) is 0 Å². The van der Waals surface area contributed by atoms with Crippen LogP contribution < -0.4 is 10.6 Å². The number of anilines is 1. The molecular weight excluding hydrogens is 278 g/mol. The Labute approximate surface area is 130 Å². The van der Waals surface area contributed by atoms with E-state index in [1.54, 1.807) is 0 Å². The Bertz CT molecular complexity index is 654. The van der Waals surface area contributed by atoms with Gasteiger partial charge in [0, 0.05) is 18.8 Å². The largest absolute Gasteiger partial charge is 0.389 e. The molecule has 0 aliphatic carbocycles. The summed E-state index contributed by atoms with van der Waals surface area (Å²) in [6, 6.07) is 12.6. The molecule has 0 bridgehead atoms. The highest BCUT2D eigenvalue weighted by Gasteiger charge is 2.18. The van der Waals surface area contributed by atoms with Gasteiger partial charge in [0.2, 0.25) is 0 Å². The number of aromatic nitrogens is 1. The number of hydrogen-bond acceptors (Lipinski definition) is 3. The summed E-state index contributed by atoms with van der Waals surface area (Å²) in [7, 11) is 0. The van der Waals surface area contributed by atoms with Gasteiger partial charge in [-0.15, -0.1) is 0 Å². The smallest absolute Gasteiger partial charge is 0.139 e. The maximum absolute atomic E-state index is 5.86. The molecule has 1 aliphatic heterocycles. The Morgan fingerprint density at radius 2 is 1.71 bits per heavy atom. The molecule has 0 atom stereocenters. The standard InChI is InChI=1S/C17H19N3S/c1-12-6-7-15(16(18)21)17(19-12)20-10-8-13-4-2-3-5-14(13)9-11-20/h2-7H,8-11H2,1H3,(H2,18,21). The molecule has 2 aromatic rings. The van der Waals surface area contributed by atoms with Crippen molar-refractivity contribution in [2.24, 2.45) is 5.73 Å². The number of pyridine rings is 1. The average molecular weight is 297 g/mol. The number of rotatable bonds is 2. The van der Waals surface area contributed by atoms with Crippen LogP contribution in [-0.4, -0.2) is 23.1 Å². The van der Waals surface area contributed by atoms with Crippen LogP contribution in [-0.2, 0) is 12.8 Å². The van der Waals surface area contributed by atoms with Gasteiger partial charge >= 0.3 is 0 Å². The van der Waals surface area contributed by atoms with Crippen LogP contribution in [0.2, 0.25) is 0 Å². The maximum atomic E-state index is 5.86. The molecule has 21 heavy (non-hydrogen) atoms. The van der Waals surface area contributed by atoms with E-state index in [-0.39, 0.29) is 0 Å². The van der Waals surface area contributed by atoms with Crippen molar-refractivity contribution >= 4 is 23.0 Å². The molecule has 1 aliphatic rings. The van der Waals surface area contributed by atoms with Crippen LogP contribution in [0.4, 0.5) is 5.82 Å². The summed E-state index contributed by atoms with van der Waals surface area (Å²) >= 11 is 5.18. The summed E-state index contributed by atoms with van der Waals surface area (Å²) in [5, 5.41) is 0. The highest BCUT2D eigenvalue weighted by molar-refractivity contribution is 7.80. The fraction of sp³-hybridized carbons (Fsp3) is 0.294. The molecule has 1 aromatic heterocycles. The normalized spacial score (nSPS) is 14.4. The van der Waals surface area contributed by atoms with Gasteiger partial charge < -0.3 is 10.6 Å². The molecule has 108 valence electrons. The zero-order valence-corrected chi connectivity index (χ0v) is 13.0. The Morgan fingerprint density at radius 1 is 1.10 bits per heavy atom. The first-order chi connectivity index (χ1) is 10.1. The van der Waals surface area contributed by atoms with E-state index in [2.05, 4.69) is 34.1 Å². The van der Waals surface area contributed by atoms with E-state index in [0.717, 1.165) is 43.0 Å². The molecular formula is C17H19N3S. The maximum Gasteiger partial charge on any atom is 0.139 e. The highest BCUT2D eigenvalue weighted by Crippen LogP contribution is 2.23. The first-order valence-corrected chi connectivity index (χ1v) is 7.65. The third-order valence-corrected chi connectivity index (χ3v) is 4.22. The first kappa shape index (κ1) is 14.0. The van der Waals surface area contributed by atoms with Crippen LogP contribution in [0.25, 0.3) is 0 Å². The van der Waals surface area contributed by atoms with Crippen molar-refractivity contribution in [1.29, 1.82) is 0 Å². The van der Waals surface area contributed by atoms with Crippen molar-refractivity contribution in [3.05, 3.63) is 58.8 Å². The molecule has 3 rings (SSSR count). The number of fused-ring (bicyclic) bond motifs is 1. The van der Waals surface area contributed by atoms with Crippen molar-refractivity contribution in [1.82, 2.24) is 4.98 Å². The van der Waals surface area contributed by atoms with Crippen LogP contribution in [0.3, 0.4) is 0 Å². The fourth-order valence-corrected chi connectivity index (χ4v) is 3.02. The lowest BCUT2D eigenvalue weighted by Gasteiger charge is -2.24. The minimum atomic E-state index is 0.416. The Morgan fingerprint density at radius 3 is 2.29 bits per heavy atom. The lowest BCUT2D eigenvalue weighted by atomic mass is 10.0. The van der Waals surface area contributed by atoms with Crippen LogP contribution in [0, 0.1) is 6.92 Å². The zero-order chi connectivity index (χ0) is 14.8. The molecule has 0 amide bonds. The topological polar surface area (TPSA) is 42.1 Å². The van der Waals surface area contributed by atoms with Gasteiger partial charge in [0.15, 0.2) is 0 Å². The minimum absolute atomic E-state index is 0.416. The number of benzene rings is 1.